The van der Waals surface area contributed by atoms with Gasteiger partial charge in [-0.2, -0.15) is 0 Å². The van der Waals surface area contributed by atoms with E-state index in [0.29, 0.717) is 6.42 Å². The van der Waals surface area contributed by atoms with Gasteiger partial charge in [0.15, 0.2) is 6.29 Å². The van der Waals surface area contributed by atoms with Crippen LogP contribution in [0.15, 0.2) is 48.6 Å². The number of hydrogen-bond donors (Lipinski definition) is 6. The van der Waals surface area contributed by atoms with Crippen LogP contribution in [0, 0.1) is 0 Å². The summed E-state index contributed by atoms with van der Waals surface area (Å²) < 4.78 is 11.3. The minimum absolute atomic E-state index is 0.170. The molecule has 82 heavy (non-hydrogen) atoms. The van der Waals surface area contributed by atoms with Crippen molar-refractivity contribution in [1.29, 1.82) is 0 Å². The Morgan fingerprint density at radius 3 is 1.06 bits per heavy atom. The highest BCUT2D eigenvalue weighted by atomic mass is 16.7. The molecule has 9 nitrogen and oxygen atoms in total. The van der Waals surface area contributed by atoms with Crippen molar-refractivity contribution in [2.24, 2.45) is 0 Å². The highest BCUT2D eigenvalue weighted by Gasteiger charge is 2.44. The first-order chi connectivity index (χ1) is 40.3. The first-order valence-electron chi connectivity index (χ1n) is 35.9. The summed E-state index contributed by atoms with van der Waals surface area (Å²) in [5.41, 5.74) is 0. The Labute approximate surface area is 507 Å². The topological polar surface area (TPSA) is 149 Å². The molecule has 1 rings (SSSR count). The van der Waals surface area contributed by atoms with E-state index in [2.05, 4.69) is 55.6 Å². The maximum Gasteiger partial charge on any atom is 0.220 e. The molecule has 0 aromatic carbocycles. The number of aliphatic hydroxyl groups excluding tert-OH is 5. The number of nitrogens with one attached hydrogen (secondary N) is 1. The third-order valence-electron chi connectivity index (χ3n) is 17.1. The molecule has 0 aromatic heterocycles. The summed E-state index contributed by atoms with van der Waals surface area (Å²) in [6, 6.07) is -0.806. The molecule has 1 amide bonds. The molecule has 9 heteroatoms. The first-order valence-corrected chi connectivity index (χ1v) is 35.9. The maximum atomic E-state index is 13.1. The molecule has 0 bridgehead atoms. The minimum Gasteiger partial charge on any atom is -0.394 e. The summed E-state index contributed by atoms with van der Waals surface area (Å²) in [6.07, 6.45) is 77.9. The van der Waals surface area contributed by atoms with Crippen LogP contribution in [0.3, 0.4) is 0 Å². The smallest absolute Gasteiger partial charge is 0.220 e. The van der Waals surface area contributed by atoms with Gasteiger partial charge in [-0.05, 0) is 57.8 Å². The van der Waals surface area contributed by atoms with Crippen molar-refractivity contribution >= 4 is 5.91 Å². The second-order valence-corrected chi connectivity index (χ2v) is 25.0. The quantitative estimate of drug-likeness (QED) is 0.0261. The number of rotatable bonds is 63. The monoisotopic (exact) mass is 1160 g/mol. The number of ether oxygens (including phenoxy) is 2. The van der Waals surface area contributed by atoms with Gasteiger partial charge in [-0.15, -0.1) is 0 Å². The van der Waals surface area contributed by atoms with Gasteiger partial charge in [-0.3, -0.25) is 4.79 Å². The van der Waals surface area contributed by atoms with Gasteiger partial charge in [0.1, 0.15) is 24.4 Å². The van der Waals surface area contributed by atoms with Crippen molar-refractivity contribution < 1.29 is 39.8 Å². The number of amides is 1. The molecule has 7 atom stereocenters. The van der Waals surface area contributed by atoms with Crippen LogP contribution < -0.4 is 5.32 Å². The van der Waals surface area contributed by atoms with Crippen LogP contribution >= 0.6 is 0 Å². The van der Waals surface area contributed by atoms with Gasteiger partial charge in [0, 0.05) is 6.42 Å². The second kappa shape index (κ2) is 62.2. The molecule has 1 heterocycles. The van der Waals surface area contributed by atoms with Gasteiger partial charge in [-0.1, -0.05) is 339 Å². The summed E-state index contributed by atoms with van der Waals surface area (Å²) in [5.74, 6) is -0.170. The summed E-state index contributed by atoms with van der Waals surface area (Å²) in [7, 11) is 0. The van der Waals surface area contributed by atoms with Crippen molar-refractivity contribution in [3.8, 4) is 0 Å². The Hall–Kier alpha value is -1.85. The zero-order valence-electron chi connectivity index (χ0n) is 54.0. The predicted molar refractivity (Wildman–Crippen MR) is 350 cm³/mol. The minimum atomic E-state index is -1.57. The van der Waals surface area contributed by atoms with Crippen LogP contribution in [0.5, 0.6) is 0 Å². The fraction of sp³-hybridized carbons (Fsp3) is 0.877. The van der Waals surface area contributed by atoms with Gasteiger partial charge < -0.3 is 40.3 Å². The number of carbonyl (C=O) groups excluding carboxylic acids is 1. The Bertz CT molecular complexity index is 1430. The Morgan fingerprint density at radius 2 is 0.720 bits per heavy atom. The molecule has 1 saturated heterocycles. The van der Waals surface area contributed by atoms with E-state index >= 15 is 0 Å². The Kier molecular flexibility index (Phi) is 59.3. The van der Waals surface area contributed by atoms with Gasteiger partial charge in [0.05, 0.1) is 25.4 Å². The standard InChI is InChI=1S/C73H137NO8/c1-3-5-7-9-11-13-15-17-19-21-23-25-27-29-30-31-32-33-34-35-36-37-38-39-41-43-45-47-49-51-53-55-57-59-61-63-69(77)74-66(65-81-73-72(80)71(79)70(78)68(64-75)82-73)67(76)62-60-58-56-54-52-50-48-46-44-42-40-28-26-24-22-20-18-16-14-12-10-8-6-4-2/h15,17,21,23,27,29,60,62,66-68,70-73,75-76,78-80H,3-14,16,18-20,22,24-26,28,30-59,61,63-65H2,1-2H3,(H,74,77)/b17-15-,23-21-,29-27-,62-60+. The van der Waals surface area contributed by atoms with Crippen LogP contribution in [0.1, 0.15) is 354 Å². The number of hydrogen-bond acceptors (Lipinski definition) is 8. The van der Waals surface area contributed by atoms with Crippen molar-refractivity contribution in [2.45, 2.75) is 397 Å². The second-order valence-electron chi connectivity index (χ2n) is 25.0. The van der Waals surface area contributed by atoms with Crippen molar-refractivity contribution in [1.82, 2.24) is 5.32 Å². The highest BCUT2D eigenvalue weighted by Crippen LogP contribution is 2.23. The number of unbranched alkanes of at least 4 members (excludes halogenated alkanes) is 47. The van der Waals surface area contributed by atoms with E-state index in [1.165, 1.54) is 283 Å². The van der Waals surface area contributed by atoms with E-state index in [9.17, 15) is 30.3 Å². The highest BCUT2D eigenvalue weighted by molar-refractivity contribution is 5.76. The summed E-state index contributed by atoms with van der Waals surface area (Å²) in [6.45, 7) is 3.82. The summed E-state index contributed by atoms with van der Waals surface area (Å²) in [4.78, 5) is 13.1. The molecule has 7 unspecified atom stereocenters. The Morgan fingerprint density at radius 1 is 0.415 bits per heavy atom. The zero-order chi connectivity index (χ0) is 59.3. The molecule has 0 aliphatic carbocycles. The van der Waals surface area contributed by atoms with Crippen LogP contribution in [-0.4, -0.2) is 87.5 Å². The average Bonchev–Trinajstić information content (AvgIpc) is 3.52. The van der Waals surface area contributed by atoms with Gasteiger partial charge in [-0.25, -0.2) is 0 Å². The molecule has 1 aliphatic rings. The van der Waals surface area contributed by atoms with Crippen LogP contribution in [0.2, 0.25) is 0 Å². The van der Waals surface area contributed by atoms with E-state index in [1.807, 2.05) is 6.08 Å². The third kappa shape index (κ3) is 50.3. The average molecular weight is 1160 g/mol. The van der Waals surface area contributed by atoms with Gasteiger partial charge in [0.25, 0.3) is 0 Å². The lowest BCUT2D eigenvalue weighted by atomic mass is 9.99. The Balaban J connectivity index is 2.10. The van der Waals surface area contributed by atoms with E-state index in [4.69, 9.17) is 9.47 Å². The van der Waals surface area contributed by atoms with Gasteiger partial charge in [0.2, 0.25) is 5.91 Å². The predicted octanol–water partition coefficient (Wildman–Crippen LogP) is 19.6. The molecule has 0 aromatic rings. The molecule has 1 aliphatic heterocycles. The van der Waals surface area contributed by atoms with Crippen molar-refractivity contribution in [2.75, 3.05) is 13.2 Å². The normalized spacial score (nSPS) is 18.5. The molecule has 0 saturated carbocycles. The molecular formula is C73H137NO8. The molecular weight excluding hydrogens is 1020 g/mol. The van der Waals surface area contributed by atoms with Crippen molar-refractivity contribution in [3.63, 3.8) is 0 Å². The lowest BCUT2D eigenvalue weighted by Crippen LogP contribution is -2.60. The molecule has 0 spiro atoms. The van der Waals surface area contributed by atoms with Crippen LogP contribution in [0.4, 0.5) is 0 Å². The molecule has 482 valence electrons. The largest absolute Gasteiger partial charge is 0.394 e. The molecule has 0 radical (unpaired) electrons. The van der Waals surface area contributed by atoms with Crippen LogP contribution in [0.25, 0.3) is 0 Å². The number of carbonyl (C=O) groups is 1. The zero-order valence-corrected chi connectivity index (χ0v) is 54.0. The van der Waals surface area contributed by atoms with E-state index in [1.54, 1.807) is 6.08 Å². The van der Waals surface area contributed by atoms with Crippen molar-refractivity contribution in [3.05, 3.63) is 48.6 Å². The van der Waals surface area contributed by atoms with E-state index < -0.39 is 49.5 Å². The van der Waals surface area contributed by atoms with E-state index in [-0.39, 0.29) is 12.5 Å². The fourth-order valence-corrected chi connectivity index (χ4v) is 11.5. The van der Waals surface area contributed by atoms with Crippen LogP contribution in [-0.2, 0) is 14.3 Å². The molecule has 1 fully saturated rings. The summed E-state index contributed by atoms with van der Waals surface area (Å²) in [5, 5.41) is 54.8. The summed E-state index contributed by atoms with van der Waals surface area (Å²) >= 11 is 0. The number of aliphatic hydroxyl groups is 5. The maximum absolute atomic E-state index is 13.1. The SMILES string of the molecule is CCCCCCC/C=C\C/C=C\C/C=C\CCCCCCCCCCCCCCCCCCCCCCC(=O)NC(COC1OC(CO)C(O)C(O)C1O)C(O)/C=C/CCCCCCCCCCCCCCCCCCCCCCCC. The van der Waals surface area contributed by atoms with Gasteiger partial charge >= 0.3 is 0 Å². The fourth-order valence-electron chi connectivity index (χ4n) is 11.5. The third-order valence-corrected chi connectivity index (χ3v) is 17.1. The molecule has 6 N–H and O–H groups in total. The lowest BCUT2D eigenvalue weighted by Gasteiger charge is -2.40. The first kappa shape index (κ1) is 78.2. The van der Waals surface area contributed by atoms with E-state index in [0.717, 1.165) is 51.4 Å². The number of allylic oxidation sites excluding steroid dienone is 7. The lowest BCUT2D eigenvalue weighted by molar-refractivity contribution is -0.302.